The van der Waals surface area contributed by atoms with Crippen LogP contribution in [-0.2, 0) is 26.2 Å². The Labute approximate surface area is 259 Å². The van der Waals surface area contributed by atoms with Crippen LogP contribution in [0.5, 0.6) is 5.75 Å². The summed E-state index contributed by atoms with van der Waals surface area (Å²) < 4.78 is 35.0. The Hall–Kier alpha value is -2.79. The molecule has 0 heterocycles. The molecule has 8 nitrogen and oxygen atoms in total. The van der Waals surface area contributed by atoms with Crippen molar-refractivity contribution in [3.8, 4) is 5.75 Å². The molecule has 220 valence electrons. The molecule has 0 bridgehead atoms. The topological polar surface area (TPSA) is 96.0 Å². The zero-order valence-electron chi connectivity index (χ0n) is 22.9. The van der Waals surface area contributed by atoms with E-state index in [1.165, 1.54) is 17.0 Å². The lowest BCUT2D eigenvalue weighted by Gasteiger charge is -2.32. The number of benzene rings is 3. The number of hydrogen-bond acceptors (Lipinski definition) is 5. The smallest absolute Gasteiger partial charge is 0.264 e. The highest BCUT2D eigenvalue weighted by molar-refractivity contribution is 9.10. The quantitative estimate of drug-likeness (QED) is 0.228. The van der Waals surface area contributed by atoms with Crippen LogP contribution >= 0.6 is 39.1 Å². The predicted molar refractivity (Wildman–Crippen MR) is 166 cm³/mol. The van der Waals surface area contributed by atoms with E-state index in [2.05, 4.69) is 21.2 Å². The van der Waals surface area contributed by atoms with Crippen molar-refractivity contribution in [3.05, 3.63) is 86.8 Å². The molecule has 3 rings (SSSR count). The van der Waals surface area contributed by atoms with Crippen LogP contribution in [0.2, 0.25) is 10.0 Å². The van der Waals surface area contributed by atoms with Gasteiger partial charge < -0.3 is 15.0 Å². The number of carbonyl (C=O) groups excluding carboxylic acids is 2. The fraction of sp³-hybridized carbons (Fsp3) is 0.310. The van der Waals surface area contributed by atoms with E-state index in [1.54, 1.807) is 61.5 Å². The van der Waals surface area contributed by atoms with E-state index in [9.17, 15) is 18.0 Å². The third-order valence-corrected chi connectivity index (χ3v) is 9.23. The van der Waals surface area contributed by atoms with Gasteiger partial charge in [0, 0.05) is 17.6 Å². The van der Waals surface area contributed by atoms with E-state index >= 15 is 0 Å². The number of nitrogens with zero attached hydrogens (tertiary/aromatic N) is 2. The second-order valence-electron chi connectivity index (χ2n) is 9.13. The standard InChI is InChI=1S/C29H32BrCl2N3O5S/c1-4-16-33-29(37)20(3)34(18-21-6-15-26(31)27(32)17-21)28(36)19-35(23-9-11-24(12-10-23)40-5-2)41(38,39)25-13-7-22(30)8-14-25/h6-15,17,20H,4-5,16,18-19H2,1-3H3,(H,33,37)/t20-/m0/s1. The predicted octanol–water partition coefficient (Wildman–Crippen LogP) is 6.29. The van der Waals surface area contributed by atoms with Crippen LogP contribution < -0.4 is 14.4 Å². The maximum Gasteiger partial charge on any atom is 0.264 e. The Kier molecular flexibility index (Phi) is 11.9. The molecular weight excluding hydrogens is 653 g/mol. The average Bonchev–Trinajstić information content (AvgIpc) is 2.95. The molecule has 0 saturated carbocycles. The fourth-order valence-electron chi connectivity index (χ4n) is 3.95. The molecule has 1 atom stereocenters. The Balaban J connectivity index is 2.03. The Morgan fingerprint density at radius 1 is 0.976 bits per heavy atom. The minimum atomic E-state index is -4.18. The van der Waals surface area contributed by atoms with Gasteiger partial charge in [-0.3, -0.25) is 13.9 Å². The summed E-state index contributed by atoms with van der Waals surface area (Å²) in [6, 6.07) is 16.6. The monoisotopic (exact) mass is 683 g/mol. The van der Waals surface area contributed by atoms with Crippen LogP contribution in [0.25, 0.3) is 0 Å². The van der Waals surface area contributed by atoms with Crippen LogP contribution in [0.1, 0.15) is 32.8 Å². The number of rotatable bonds is 13. The minimum Gasteiger partial charge on any atom is -0.494 e. The van der Waals surface area contributed by atoms with Gasteiger partial charge in [0.2, 0.25) is 11.8 Å². The molecule has 3 aromatic rings. The van der Waals surface area contributed by atoms with Crippen molar-refractivity contribution in [2.75, 3.05) is 24.0 Å². The van der Waals surface area contributed by atoms with Gasteiger partial charge in [0.05, 0.1) is 27.2 Å². The van der Waals surface area contributed by atoms with Crippen molar-refractivity contribution in [1.82, 2.24) is 10.2 Å². The second-order valence-corrected chi connectivity index (χ2v) is 12.7. The molecule has 0 spiro atoms. The number of carbonyl (C=O) groups is 2. The molecule has 41 heavy (non-hydrogen) atoms. The zero-order valence-corrected chi connectivity index (χ0v) is 26.9. The first kappa shape index (κ1) is 32.7. The summed E-state index contributed by atoms with van der Waals surface area (Å²) in [6.07, 6.45) is 0.718. The molecule has 0 aliphatic heterocycles. The van der Waals surface area contributed by atoms with E-state index in [-0.39, 0.29) is 23.0 Å². The number of nitrogens with one attached hydrogen (secondary N) is 1. The maximum atomic E-state index is 14.0. The molecule has 3 aromatic carbocycles. The first-order chi connectivity index (χ1) is 19.5. The third kappa shape index (κ3) is 8.61. The van der Waals surface area contributed by atoms with Gasteiger partial charge >= 0.3 is 0 Å². The molecule has 0 aliphatic carbocycles. The van der Waals surface area contributed by atoms with Gasteiger partial charge in [0.15, 0.2) is 0 Å². The van der Waals surface area contributed by atoms with Crippen molar-refractivity contribution in [2.24, 2.45) is 0 Å². The van der Waals surface area contributed by atoms with Gasteiger partial charge in [0.25, 0.3) is 10.0 Å². The highest BCUT2D eigenvalue weighted by atomic mass is 79.9. The molecule has 0 radical (unpaired) electrons. The normalized spacial score (nSPS) is 12.0. The lowest BCUT2D eigenvalue weighted by Crippen LogP contribution is -2.51. The van der Waals surface area contributed by atoms with Gasteiger partial charge in [-0.05, 0) is 86.5 Å². The number of anilines is 1. The SMILES string of the molecule is CCCNC(=O)[C@H](C)N(Cc1ccc(Cl)c(Cl)c1)C(=O)CN(c1ccc(OCC)cc1)S(=O)(=O)c1ccc(Br)cc1. The summed E-state index contributed by atoms with van der Waals surface area (Å²) in [7, 11) is -4.18. The third-order valence-electron chi connectivity index (χ3n) is 6.17. The van der Waals surface area contributed by atoms with E-state index < -0.39 is 28.5 Å². The average molecular weight is 685 g/mol. The summed E-state index contributed by atoms with van der Waals surface area (Å²) in [5, 5.41) is 3.46. The van der Waals surface area contributed by atoms with E-state index in [1.807, 2.05) is 13.8 Å². The molecular formula is C29H32BrCl2N3O5S. The number of halogens is 3. The lowest BCUT2D eigenvalue weighted by molar-refractivity contribution is -0.139. The van der Waals surface area contributed by atoms with Crippen LogP contribution in [0.15, 0.2) is 76.1 Å². The van der Waals surface area contributed by atoms with E-state index in [4.69, 9.17) is 27.9 Å². The molecule has 0 aromatic heterocycles. The van der Waals surface area contributed by atoms with Crippen molar-refractivity contribution >= 4 is 66.7 Å². The Bertz CT molecular complexity index is 1450. The first-order valence-electron chi connectivity index (χ1n) is 13.0. The summed E-state index contributed by atoms with van der Waals surface area (Å²) in [6.45, 7) is 5.70. The van der Waals surface area contributed by atoms with Gasteiger partial charge in [-0.2, -0.15) is 0 Å². The summed E-state index contributed by atoms with van der Waals surface area (Å²) in [4.78, 5) is 28.3. The van der Waals surface area contributed by atoms with Crippen LogP contribution in [-0.4, -0.2) is 50.9 Å². The van der Waals surface area contributed by atoms with Crippen LogP contribution in [0, 0.1) is 0 Å². The maximum absolute atomic E-state index is 14.0. The Morgan fingerprint density at radius 2 is 1.63 bits per heavy atom. The molecule has 12 heteroatoms. The number of ether oxygens (including phenoxy) is 1. The molecule has 1 N–H and O–H groups in total. The van der Waals surface area contributed by atoms with Crippen molar-refractivity contribution in [1.29, 1.82) is 0 Å². The number of amides is 2. The first-order valence-corrected chi connectivity index (χ1v) is 16.0. The minimum absolute atomic E-state index is 0.00584. The summed E-state index contributed by atoms with van der Waals surface area (Å²) >= 11 is 15.6. The van der Waals surface area contributed by atoms with Crippen LogP contribution in [0.3, 0.4) is 0 Å². The summed E-state index contributed by atoms with van der Waals surface area (Å²) in [5.74, 6) is -0.375. The Morgan fingerprint density at radius 3 is 2.22 bits per heavy atom. The van der Waals surface area contributed by atoms with Crippen LogP contribution in [0.4, 0.5) is 5.69 Å². The van der Waals surface area contributed by atoms with Gasteiger partial charge in [-0.15, -0.1) is 0 Å². The number of sulfonamides is 1. The fourth-order valence-corrected chi connectivity index (χ4v) is 5.95. The zero-order chi connectivity index (χ0) is 30.2. The van der Waals surface area contributed by atoms with Crippen molar-refractivity contribution in [2.45, 2.75) is 44.7 Å². The molecule has 0 saturated heterocycles. The van der Waals surface area contributed by atoms with Gasteiger partial charge in [0.1, 0.15) is 18.3 Å². The van der Waals surface area contributed by atoms with E-state index in [0.717, 1.165) is 10.7 Å². The largest absolute Gasteiger partial charge is 0.494 e. The summed E-state index contributed by atoms with van der Waals surface area (Å²) in [5.41, 5.74) is 0.897. The number of hydrogen-bond donors (Lipinski definition) is 1. The molecule has 0 fully saturated rings. The van der Waals surface area contributed by atoms with E-state index in [0.29, 0.717) is 39.0 Å². The second kappa shape index (κ2) is 14.9. The van der Waals surface area contributed by atoms with Gasteiger partial charge in [-0.1, -0.05) is 52.1 Å². The highest BCUT2D eigenvalue weighted by Crippen LogP contribution is 2.28. The lowest BCUT2D eigenvalue weighted by atomic mass is 10.1. The van der Waals surface area contributed by atoms with Crippen molar-refractivity contribution in [3.63, 3.8) is 0 Å². The van der Waals surface area contributed by atoms with Gasteiger partial charge in [-0.25, -0.2) is 8.42 Å². The highest BCUT2D eigenvalue weighted by Gasteiger charge is 2.32. The molecule has 0 unspecified atom stereocenters. The molecule has 0 aliphatic rings. The van der Waals surface area contributed by atoms with Crippen molar-refractivity contribution < 1.29 is 22.7 Å². The molecule has 2 amide bonds.